The van der Waals surface area contributed by atoms with Crippen molar-refractivity contribution in [2.24, 2.45) is 17.8 Å². The van der Waals surface area contributed by atoms with Gasteiger partial charge in [-0.25, -0.2) is 9.13 Å². The Morgan fingerprint density at radius 3 is 0.905 bits per heavy atom. The number of esters is 4. The molecule has 0 aromatic rings. The van der Waals surface area contributed by atoms with Gasteiger partial charge in [-0.1, -0.05) is 267 Å². The molecule has 0 bridgehead atoms. The average Bonchev–Trinajstić information content (AvgIpc) is 3.49. The lowest BCUT2D eigenvalue weighted by molar-refractivity contribution is -0.161. The first-order valence-corrected chi connectivity index (χ1v) is 36.9. The monoisotopic (exact) mass is 1240 g/mol. The van der Waals surface area contributed by atoms with Gasteiger partial charge in [-0.2, -0.15) is 0 Å². The zero-order valence-corrected chi connectivity index (χ0v) is 56.1. The van der Waals surface area contributed by atoms with Gasteiger partial charge in [0.05, 0.1) is 26.4 Å². The van der Waals surface area contributed by atoms with Gasteiger partial charge >= 0.3 is 39.5 Å². The molecule has 0 aliphatic carbocycles. The van der Waals surface area contributed by atoms with E-state index in [1.54, 1.807) is 0 Å². The summed E-state index contributed by atoms with van der Waals surface area (Å²) >= 11 is 0. The predicted octanol–water partition coefficient (Wildman–Crippen LogP) is 17.9. The van der Waals surface area contributed by atoms with E-state index in [0.29, 0.717) is 31.6 Å². The van der Waals surface area contributed by atoms with Crippen LogP contribution in [-0.2, 0) is 65.4 Å². The van der Waals surface area contributed by atoms with Crippen LogP contribution in [0.2, 0.25) is 0 Å². The van der Waals surface area contributed by atoms with Crippen molar-refractivity contribution < 1.29 is 80.2 Å². The number of rotatable bonds is 63. The third-order valence-electron chi connectivity index (χ3n) is 15.2. The molecular formula is C65H126O17P2. The second kappa shape index (κ2) is 56.3. The molecule has 498 valence electrons. The van der Waals surface area contributed by atoms with Gasteiger partial charge in [-0.15, -0.1) is 0 Å². The fraction of sp³-hybridized carbons (Fsp3) is 0.938. The van der Waals surface area contributed by atoms with Crippen LogP contribution in [-0.4, -0.2) is 96.7 Å². The van der Waals surface area contributed by atoms with E-state index in [1.807, 2.05) is 0 Å². The molecule has 0 amide bonds. The Labute approximate surface area is 511 Å². The van der Waals surface area contributed by atoms with Gasteiger partial charge in [0, 0.05) is 25.7 Å². The average molecular weight is 1240 g/mol. The quantitative estimate of drug-likeness (QED) is 0.0222. The van der Waals surface area contributed by atoms with Gasteiger partial charge in [0.1, 0.15) is 19.3 Å². The maximum Gasteiger partial charge on any atom is 0.472 e. The van der Waals surface area contributed by atoms with E-state index < -0.39 is 97.5 Å². The molecule has 0 radical (unpaired) electrons. The highest BCUT2D eigenvalue weighted by atomic mass is 31.2. The van der Waals surface area contributed by atoms with Crippen molar-refractivity contribution in [3.8, 4) is 0 Å². The van der Waals surface area contributed by atoms with Gasteiger partial charge in [0.2, 0.25) is 0 Å². The van der Waals surface area contributed by atoms with Gasteiger partial charge in [0.25, 0.3) is 0 Å². The van der Waals surface area contributed by atoms with Crippen LogP contribution in [0, 0.1) is 17.8 Å². The van der Waals surface area contributed by atoms with Crippen molar-refractivity contribution in [2.75, 3.05) is 39.6 Å². The zero-order chi connectivity index (χ0) is 62.4. The highest BCUT2D eigenvalue weighted by Crippen LogP contribution is 2.45. The van der Waals surface area contributed by atoms with Crippen LogP contribution in [0.4, 0.5) is 0 Å². The summed E-state index contributed by atoms with van der Waals surface area (Å²) in [6.07, 6.45) is 37.6. The number of aliphatic hydroxyl groups excluding tert-OH is 1. The first-order chi connectivity index (χ1) is 40.3. The van der Waals surface area contributed by atoms with E-state index in [1.165, 1.54) is 122 Å². The van der Waals surface area contributed by atoms with Crippen molar-refractivity contribution in [2.45, 2.75) is 336 Å². The molecule has 19 heteroatoms. The first-order valence-electron chi connectivity index (χ1n) is 33.9. The molecule has 17 nitrogen and oxygen atoms in total. The maximum absolute atomic E-state index is 13.0. The van der Waals surface area contributed by atoms with Gasteiger partial charge < -0.3 is 33.8 Å². The number of hydrogen-bond acceptors (Lipinski definition) is 15. The molecule has 84 heavy (non-hydrogen) atoms. The molecule has 0 heterocycles. The highest BCUT2D eigenvalue weighted by molar-refractivity contribution is 7.47. The van der Waals surface area contributed by atoms with Gasteiger partial charge in [-0.3, -0.25) is 37.3 Å². The SMILES string of the molecule is CCCCCCCCCCCCCCC(=O)OC[C@H](COP(=O)(O)OC[C@@H](O)COP(=O)(O)OC[C@@H](COC(=O)CCCCCCCCC(C)C)OC(=O)CCCCCCCCCCC(C)C)OC(=O)CCCCCCCCCCC(C)CC. The van der Waals surface area contributed by atoms with Crippen LogP contribution < -0.4 is 0 Å². The van der Waals surface area contributed by atoms with Crippen LogP contribution in [0.3, 0.4) is 0 Å². The van der Waals surface area contributed by atoms with E-state index in [4.69, 9.17) is 37.0 Å². The lowest BCUT2D eigenvalue weighted by atomic mass is 9.99. The fourth-order valence-electron chi connectivity index (χ4n) is 9.62. The second-order valence-corrected chi connectivity index (χ2v) is 27.6. The standard InChI is InChI=1S/C65H126O17P2/c1-8-10-11-12-13-14-15-16-17-24-32-39-46-62(67)75-52-60(81-65(70)49-42-35-26-21-19-23-31-38-45-58(7)9-2)54-79-83(71,72)77-50-59(66)51-78-84(73,74)80-55-61(53-76-63(68)47-40-33-28-27-30-37-44-57(5)6)82-64(69)48-41-34-25-20-18-22-29-36-43-56(3)4/h56-61,66H,8-55H2,1-7H3,(H,71,72)(H,73,74)/t58?,59-,60-,61-/m1/s1. The normalized spacial score (nSPS) is 14.7. The zero-order valence-electron chi connectivity index (χ0n) is 54.4. The van der Waals surface area contributed by atoms with E-state index in [0.717, 1.165) is 108 Å². The number of unbranched alkanes of at least 4 members (excludes halogenated alkanes) is 30. The van der Waals surface area contributed by atoms with Crippen molar-refractivity contribution in [3.63, 3.8) is 0 Å². The van der Waals surface area contributed by atoms with E-state index in [-0.39, 0.29) is 25.7 Å². The summed E-state index contributed by atoms with van der Waals surface area (Å²) in [5.41, 5.74) is 0. The van der Waals surface area contributed by atoms with Crippen LogP contribution >= 0.6 is 15.6 Å². The Morgan fingerprint density at radius 2 is 0.607 bits per heavy atom. The number of carbonyl (C=O) groups is 4. The van der Waals surface area contributed by atoms with Crippen LogP contribution in [0.5, 0.6) is 0 Å². The third kappa shape index (κ3) is 57.8. The Hall–Kier alpha value is -1.94. The molecule has 0 aliphatic heterocycles. The van der Waals surface area contributed by atoms with Gasteiger partial charge in [-0.05, 0) is 43.4 Å². The molecule has 0 aromatic carbocycles. The Balaban J connectivity index is 5.25. The number of hydrogen-bond donors (Lipinski definition) is 3. The second-order valence-electron chi connectivity index (χ2n) is 24.7. The number of phosphoric ester groups is 2. The van der Waals surface area contributed by atoms with E-state index >= 15 is 0 Å². The third-order valence-corrected chi connectivity index (χ3v) is 17.1. The smallest absolute Gasteiger partial charge is 0.462 e. The molecule has 3 unspecified atom stereocenters. The minimum absolute atomic E-state index is 0.103. The van der Waals surface area contributed by atoms with E-state index in [2.05, 4.69) is 48.5 Å². The Morgan fingerprint density at radius 1 is 0.345 bits per heavy atom. The molecule has 3 N–H and O–H groups in total. The van der Waals surface area contributed by atoms with Crippen molar-refractivity contribution >= 4 is 39.5 Å². The summed E-state index contributed by atoms with van der Waals surface area (Å²) in [5, 5.41) is 10.5. The summed E-state index contributed by atoms with van der Waals surface area (Å²) in [6, 6.07) is 0. The number of aliphatic hydroxyl groups is 1. The predicted molar refractivity (Wildman–Crippen MR) is 335 cm³/mol. The van der Waals surface area contributed by atoms with E-state index in [9.17, 15) is 43.2 Å². The van der Waals surface area contributed by atoms with Crippen molar-refractivity contribution in [1.82, 2.24) is 0 Å². The number of carbonyl (C=O) groups excluding carboxylic acids is 4. The number of ether oxygens (including phenoxy) is 4. The van der Waals surface area contributed by atoms with Crippen molar-refractivity contribution in [3.05, 3.63) is 0 Å². The lowest BCUT2D eigenvalue weighted by Crippen LogP contribution is -2.30. The molecule has 0 rings (SSSR count). The minimum Gasteiger partial charge on any atom is -0.462 e. The fourth-order valence-corrected chi connectivity index (χ4v) is 11.2. The molecule has 0 spiro atoms. The summed E-state index contributed by atoms with van der Waals surface area (Å²) in [7, 11) is -9.89. The Kier molecular flexibility index (Phi) is 55.0. The summed E-state index contributed by atoms with van der Waals surface area (Å²) < 4.78 is 68.0. The number of phosphoric acid groups is 2. The molecule has 6 atom stereocenters. The molecule has 0 saturated heterocycles. The minimum atomic E-state index is -4.95. The molecular weight excluding hydrogens is 1110 g/mol. The molecule has 0 aromatic heterocycles. The first kappa shape index (κ1) is 82.1. The summed E-state index contributed by atoms with van der Waals surface area (Å²) in [4.78, 5) is 72.2. The lowest BCUT2D eigenvalue weighted by Gasteiger charge is -2.21. The molecule has 0 aliphatic rings. The largest absolute Gasteiger partial charge is 0.472 e. The van der Waals surface area contributed by atoms with Crippen LogP contribution in [0.1, 0.15) is 318 Å². The van der Waals surface area contributed by atoms with Gasteiger partial charge in [0.15, 0.2) is 12.2 Å². The summed E-state index contributed by atoms with van der Waals surface area (Å²) in [5.74, 6) is 0.0298. The van der Waals surface area contributed by atoms with Crippen molar-refractivity contribution in [1.29, 1.82) is 0 Å². The van der Waals surface area contributed by atoms with Crippen LogP contribution in [0.15, 0.2) is 0 Å². The highest BCUT2D eigenvalue weighted by Gasteiger charge is 2.30. The van der Waals surface area contributed by atoms with Crippen LogP contribution in [0.25, 0.3) is 0 Å². The molecule has 0 saturated carbocycles. The maximum atomic E-state index is 13.0. The Bertz CT molecular complexity index is 1670. The topological polar surface area (TPSA) is 237 Å². The molecule has 0 fully saturated rings. The summed E-state index contributed by atoms with van der Waals surface area (Å²) in [6.45, 7) is 11.7.